The van der Waals surface area contributed by atoms with Crippen LogP contribution in [0.15, 0.2) is 54.9 Å². The maximum atomic E-state index is 13.4. The minimum Gasteiger partial charge on any atom is -0.338 e. The van der Waals surface area contributed by atoms with E-state index < -0.39 is 0 Å². The van der Waals surface area contributed by atoms with Gasteiger partial charge in [0, 0.05) is 28.8 Å². The summed E-state index contributed by atoms with van der Waals surface area (Å²) in [6.45, 7) is 1.94. The van der Waals surface area contributed by atoms with Crippen LogP contribution < -0.4 is 10.6 Å². The van der Waals surface area contributed by atoms with E-state index in [1.54, 1.807) is 30.6 Å². The Hall–Kier alpha value is -3.32. The van der Waals surface area contributed by atoms with Gasteiger partial charge in [0.25, 0.3) is 0 Å². The number of nitrogens with zero attached hydrogens (tertiary/aromatic N) is 4. The van der Waals surface area contributed by atoms with E-state index in [1.807, 2.05) is 19.1 Å². The van der Waals surface area contributed by atoms with Crippen molar-refractivity contribution in [3.63, 3.8) is 0 Å². The van der Waals surface area contributed by atoms with Gasteiger partial charge in [-0.25, -0.2) is 14.4 Å². The van der Waals surface area contributed by atoms with Gasteiger partial charge in [-0.1, -0.05) is 17.7 Å². The van der Waals surface area contributed by atoms with E-state index in [-0.39, 0.29) is 11.8 Å². The van der Waals surface area contributed by atoms with E-state index >= 15 is 0 Å². The zero-order valence-electron chi connectivity index (χ0n) is 14.2. The third-order valence-corrected chi connectivity index (χ3v) is 4.09. The summed E-state index contributed by atoms with van der Waals surface area (Å²) in [5.41, 5.74) is 3.27. The van der Waals surface area contributed by atoms with Crippen LogP contribution in [0.5, 0.6) is 0 Å². The Balaban J connectivity index is 1.76. The van der Waals surface area contributed by atoms with Gasteiger partial charge in [0.1, 0.15) is 5.82 Å². The van der Waals surface area contributed by atoms with Crippen LogP contribution in [0.4, 0.5) is 27.5 Å². The minimum atomic E-state index is -0.351. The predicted octanol–water partition coefficient (Wildman–Crippen LogP) is 5.01. The SMILES string of the molecule is Cc1cc(Cl)ccc1Nc1nc(Nc2cccc(F)c2)nc2nccnc12. The minimum absolute atomic E-state index is 0.280. The van der Waals surface area contributed by atoms with Crippen molar-refractivity contribution in [2.45, 2.75) is 6.92 Å². The summed E-state index contributed by atoms with van der Waals surface area (Å²) in [4.78, 5) is 17.4. The number of hydrogen-bond donors (Lipinski definition) is 2. The van der Waals surface area contributed by atoms with Gasteiger partial charge in [0.15, 0.2) is 17.0 Å². The van der Waals surface area contributed by atoms with Crippen molar-refractivity contribution >= 4 is 45.9 Å². The molecule has 8 heteroatoms. The fourth-order valence-corrected chi connectivity index (χ4v) is 2.82. The van der Waals surface area contributed by atoms with Crippen LogP contribution in [-0.4, -0.2) is 19.9 Å². The molecule has 0 saturated carbocycles. The number of anilines is 4. The first-order valence-corrected chi connectivity index (χ1v) is 8.51. The van der Waals surface area contributed by atoms with E-state index in [1.165, 1.54) is 12.1 Å². The highest BCUT2D eigenvalue weighted by atomic mass is 35.5. The van der Waals surface area contributed by atoms with E-state index in [0.29, 0.717) is 27.7 Å². The highest BCUT2D eigenvalue weighted by Gasteiger charge is 2.12. The lowest BCUT2D eigenvalue weighted by Crippen LogP contribution is -2.04. The Morgan fingerprint density at radius 2 is 1.81 bits per heavy atom. The number of fused-ring (bicyclic) bond motifs is 1. The topological polar surface area (TPSA) is 75.6 Å². The number of rotatable bonds is 4. The zero-order chi connectivity index (χ0) is 18.8. The number of hydrogen-bond acceptors (Lipinski definition) is 6. The first-order valence-electron chi connectivity index (χ1n) is 8.13. The van der Waals surface area contributed by atoms with Crippen LogP contribution in [0.1, 0.15) is 5.56 Å². The molecule has 2 aromatic heterocycles. The summed E-state index contributed by atoms with van der Waals surface area (Å²) in [6.07, 6.45) is 3.13. The Bertz CT molecular complexity index is 1130. The van der Waals surface area contributed by atoms with E-state index in [9.17, 15) is 4.39 Å². The fourth-order valence-electron chi connectivity index (χ4n) is 2.60. The van der Waals surface area contributed by atoms with E-state index in [4.69, 9.17) is 11.6 Å². The summed E-state index contributed by atoms with van der Waals surface area (Å²) < 4.78 is 13.4. The van der Waals surface area contributed by atoms with Crippen LogP contribution in [0.25, 0.3) is 11.2 Å². The van der Waals surface area contributed by atoms with Gasteiger partial charge < -0.3 is 10.6 Å². The van der Waals surface area contributed by atoms with Gasteiger partial charge >= 0.3 is 0 Å². The first-order chi connectivity index (χ1) is 13.1. The molecule has 0 saturated heterocycles. The van der Waals surface area contributed by atoms with Gasteiger partial charge in [0.05, 0.1) is 0 Å². The Morgan fingerprint density at radius 1 is 0.963 bits per heavy atom. The second-order valence-corrected chi connectivity index (χ2v) is 6.28. The van der Waals surface area contributed by atoms with Crippen LogP contribution in [-0.2, 0) is 0 Å². The molecule has 4 rings (SSSR count). The Morgan fingerprint density at radius 3 is 2.63 bits per heavy atom. The predicted molar refractivity (Wildman–Crippen MR) is 104 cm³/mol. The first kappa shape index (κ1) is 17.1. The van der Waals surface area contributed by atoms with Crippen molar-refractivity contribution in [2.24, 2.45) is 0 Å². The van der Waals surface area contributed by atoms with E-state index in [2.05, 4.69) is 30.6 Å². The molecular formula is C19H14ClFN6. The molecule has 0 unspecified atom stereocenters. The summed E-state index contributed by atoms with van der Waals surface area (Å²) in [5.74, 6) is 0.413. The lowest BCUT2D eigenvalue weighted by Gasteiger charge is -2.12. The zero-order valence-corrected chi connectivity index (χ0v) is 15.0. The van der Waals surface area contributed by atoms with E-state index in [0.717, 1.165) is 11.3 Å². The van der Waals surface area contributed by atoms with Gasteiger partial charge in [-0.05, 0) is 48.9 Å². The molecule has 0 radical (unpaired) electrons. The van der Waals surface area contributed by atoms with Crippen molar-refractivity contribution in [1.82, 2.24) is 19.9 Å². The Kier molecular flexibility index (Phi) is 4.52. The molecular weight excluding hydrogens is 367 g/mol. The van der Waals surface area contributed by atoms with Crippen LogP contribution in [0, 0.1) is 12.7 Å². The second-order valence-electron chi connectivity index (χ2n) is 5.84. The number of benzene rings is 2. The van der Waals surface area contributed by atoms with Crippen LogP contribution in [0.2, 0.25) is 5.02 Å². The molecule has 6 nitrogen and oxygen atoms in total. The molecule has 0 aliphatic rings. The summed E-state index contributed by atoms with van der Waals surface area (Å²) in [5, 5.41) is 6.90. The van der Waals surface area contributed by atoms with Crippen LogP contribution >= 0.6 is 11.6 Å². The molecule has 0 amide bonds. The normalized spacial score (nSPS) is 10.8. The van der Waals surface area contributed by atoms with Crippen molar-refractivity contribution < 1.29 is 4.39 Å². The van der Waals surface area contributed by atoms with Crippen molar-refractivity contribution in [2.75, 3.05) is 10.6 Å². The van der Waals surface area contributed by atoms with Crippen LogP contribution in [0.3, 0.4) is 0 Å². The lowest BCUT2D eigenvalue weighted by atomic mass is 10.2. The third-order valence-electron chi connectivity index (χ3n) is 3.86. The van der Waals surface area contributed by atoms with Gasteiger partial charge in [-0.3, -0.25) is 0 Å². The largest absolute Gasteiger partial charge is 0.338 e. The molecule has 0 aliphatic carbocycles. The molecule has 2 heterocycles. The molecule has 134 valence electrons. The van der Waals surface area contributed by atoms with Crippen molar-refractivity contribution in [3.05, 3.63) is 71.3 Å². The number of nitrogens with one attached hydrogen (secondary N) is 2. The molecule has 0 atom stereocenters. The summed E-state index contributed by atoms with van der Waals surface area (Å²) >= 11 is 6.03. The number of halogens is 2. The average molecular weight is 381 g/mol. The molecule has 0 bridgehead atoms. The number of aromatic nitrogens is 4. The molecule has 27 heavy (non-hydrogen) atoms. The number of aryl methyl sites for hydroxylation is 1. The highest BCUT2D eigenvalue weighted by molar-refractivity contribution is 6.30. The van der Waals surface area contributed by atoms with Gasteiger partial charge in [-0.2, -0.15) is 9.97 Å². The molecule has 0 aliphatic heterocycles. The molecule has 0 spiro atoms. The maximum Gasteiger partial charge on any atom is 0.231 e. The quantitative estimate of drug-likeness (QED) is 0.518. The standard InChI is InChI=1S/C19H14ClFN6/c1-11-9-12(20)5-6-15(11)25-18-16-17(23-8-7-22-16)26-19(27-18)24-14-4-2-3-13(21)10-14/h2-10H,1H3,(H2,23,24,25,26,27). The summed E-state index contributed by atoms with van der Waals surface area (Å²) in [7, 11) is 0. The second kappa shape index (κ2) is 7.13. The van der Waals surface area contributed by atoms with Gasteiger partial charge in [-0.15, -0.1) is 0 Å². The average Bonchev–Trinajstić information content (AvgIpc) is 2.64. The lowest BCUT2D eigenvalue weighted by molar-refractivity contribution is 0.628. The third kappa shape index (κ3) is 3.78. The van der Waals surface area contributed by atoms with Crippen molar-refractivity contribution in [1.29, 1.82) is 0 Å². The highest BCUT2D eigenvalue weighted by Crippen LogP contribution is 2.27. The monoisotopic (exact) mass is 380 g/mol. The molecule has 2 aromatic carbocycles. The molecule has 0 fully saturated rings. The molecule has 2 N–H and O–H groups in total. The summed E-state index contributed by atoms with van der Waals surface area (Å²) in [6, 6.07) is 11.6. The molecule has 4 aromatic rings. The van der Waals surface area contributed by atoms with Gasteiger partial charge in [0.2, 0.25) is 5.95 Å². The smallest absolute Gasteiger partial charge is 0.231 e. The fraction of sp³-hybridized carbons (Fsp3) is 0.0526. The Labute approximate surface area is 159 Å². The van der Waals surface area contributed by atoms with Crippen molar-refractivity contribution in [3.8, 4) is 0 Å². The maximum absolute atomic E-state index is 13.4.